The highest BCUT2D eigenvalue weighted by Crippen LogP contribution is 2.46. The number of rotatable bonds is 3. The topological polar surface area (TPSA) is 55.4 Å². The van der Waals surface area contributed by atoms with Gasteiger partial charge in [-0.2, -0.15) is 0 Å². The van der Waals surface area contributed by atoms with Crippen LogP contribution in [0.2, 0.25) is 0 Å². The molecule has 0 amide bonds. The molecule has 1 aliphatic heterocycles. The molecule has 0 aromatic heterocycles. The molecule has 0 radical (unpaired) electrons. The van der Waals surface area contributed by atoms with Crippen molar-refractivity contribution in [2.45, 2.75) is 47.0 Å². The fourth-order valence-electron chi connectivity index (χ4n) is 3.94. The molecule has 128 valence electrons. The minimum Gasteiger partial charge on any atom is -0.463 e. The molecule has 4 heteroatoms. The summed E-state index contributed by atoms with van der Waals surface area (Å²) in [5.74, 6) is -0.505. The number of allylic oxidation sites excluding steroid dienone is 7. The van der Waals surface area contributed by atoms with E-state index in [0.29, 0.717) is 18.6 Å². The number of ketones is 1. The minimum absolute atomic E-state index is 0.0604. The van der Waals surface area contributed by atoms with Gasteiger partial charge in [0.15, 0.2) is 5.78 Å². The summed E-state index contributed by atoms with van der Waals surface area (Å²) in [5, 5.41) is 3.33. The summed E-state index contributed by atoms with van der Waals surface area (Å²) in [7, 11) is 0. The van der Waals surface area contributed by atoms with Crippen LogP contribution >= 0.6 is 0 Å². The van der Waals surface area contributed by atoms with Crippen LogP contribution in [0.3, 0.4) is 0 Å². The van der Waals surface area contributed by atoms with E-state index < -0.39 is 0 Å². The number of esters is 1. The third kappa shape index (κ3) is 2.85. The fourth-order valence-corrected chi connectivity index (χ4v) is 3.94. The van der Waals surface area contributed by atoms with Gasteiger partial charge in [-0.25, -0.2) is 4.79 Å². The average molecular weight is 327 g/mol. The molecule has 0 aromatic rings. The van der Waals surface area contributed by atoms with Crippen LogP contribution in [-0.2, 0) is 14.3 Å². The lowest BCUT2D eigenvalue weighted by Crippen LogP contribution is -2.39. The van der Waals surface area contributed by atoms with E-state index in [1.165, 1.54) is 0 Å². The predicted octanol–water partition coefficient (Wildman–Crippen LogP) is 3.57. The number of nitrogens with one attached hydrogen (secondary N) is 1. The molecule has 1 heterocycles. The Balaban J connectivity index is 2.11. The first kappa shape index (κ1) is 16.7. The van der Waals surface area contributed by atoms with Gasteiger partial charge in [0.05, 0.1) is 12.2 Å². The van der Waals surface area contributed by atoms with E-state index in [0.717, 1.165) is 35.4 Å². The zero-order valence-electron chi connectivity index (χ0n) is 14.9. The Hall–Kier alpha value is -2.10. The van der Waals surface area contributed by atoms with Gasteiger partial charge in [0.1, 0.15) is 0 Å². The second-order valence-electron chi connectivity index (χ2n) is 7.49. The maximum Gasteiger partial charge on any atom is 0.336 e. The van der Waals surface area contributed by atoms with Crippen LogP contribution in [0.1, 0.15) is 47.0 Å². The Kier molecular flexibility index (Phi) is 4.24. The van der Waals surface area contributed by atoms with Gasteiger partial charge in [0.25, 0.3) is 0 Å². The van der Waals surface area contributed by atoms with E-state index in [1.54, 1.807) is 6.92 Å². The van der Waals surface area contributed by atoms with Crippen LogP contribution in [-0.4, -0.2) is 18.4 Å². The van der Waals surface area contributed by atoms with Crippen LogP contribution in [0, 0.1) is 11.3 Å². The number of Topliss-reactive ketones (excluding diaryl/α,β-unsaturated/α-hetero) is 1. The number of carbonyl (C=O) groups is 2. The van der Waals surface area contributed by atoms with Crippen molar-refractivity contribution in [3.8, 4) is 0 Å². The van der Waals surface area contributed by atoms with Gasteiger partial charge in [-0.05, 0) is 37.7 Å². The zero-order valence-corrected chi connectivity index (χ0v) is 14.9. The van der Waals surface area contributed by atoms with Gasteiger partial charge in [-0.15, -0.1) is 0 Å². The van der Waals surface area contributed by atoms with Gasteiger partial charge in [0.2, 0.25) is 0 Å². The van der Waals surface area contributed by atoms with Gasteiger partial charge >= 0.3 is 5.97 Å². The van der Waals surface area contributed by atoms with Crippen molar-refractivity contribution in [1.29, 1.82) is 0 Å². The highest BCUT2D eigenvalue weighted by Gasteiger charge is 2.43. The monoisotopic (exact) mass is 327 g/mol. The molecule has 0 saturated carbocycles. The quantitative estimate of drug-likeness (QED) is 0.805. The first-order valence-corrected chi connectivity index (χ1v) is 8.62. The van der Waals surface area contributed by atoms with E-state index in [1.807, 2.05) is 13.0 Å². The van der Waals surface area contributed by atoms with Crippen molar-refractivity contribution in [3.05, 3.63) is 46.3 Å². The lowest BCUT2D eigenvalue weighted by molar-refractivity contribution is -0.139. The molecule has 1 N–H and O–H groups in total. The van der Waals surface area contributed by atoms with Gasteiger partial charge < -0.3 is 10.1 Å². The molecular weight excluding hydrogens is 302 g/mol. The molecule has 1 atom stereocenters. The SMILES string of the molecule is CCOC(=O)C1=C(C)NC2=C(C(=O)CC(C)(C)C2)C1C1=CCC=C1. The second-order valence-corrected chi connectivity index (χ2v) is 7.49. The van der Waals surface area contributed by atoms with Gasteiger partial charge in [-0.3, -0.25) is 4.79 Å². The third-order valence-corrected chi connectivity index (χ3v) is 4.87. The summed E-state index contributed by atoms with van der Waals surface area (Å²) in [6.45, 7) is 8.24. The Morgan fingerprint density at radius 3 is 2.75 bits per heavy atom. The highest BCUT2D eigenvalue weighted by molar-refractivity contribution is 6.03. The maximum atomic E-state index is 12.9. The van der Waals surface area contributed by atoms with Crippen LogP contribution < -0.4 is 5.32 Å². The number of hydrogen-bond acceptors (Lipinski definition) is 4. The smallest absolute Gasteiger partial charge is 0.336 e. The molecule has 24 heavy (non-hydrogen) atoms. The summed E-state index contributed by atoms with van der Waals surface area (Å²) >= 11 is 0. The summed E-state index contributed by atoms with van der Waals surface area (Å²) in [6.07, 6.45) is 8.36. The molecule has 0 spiro atoms. The number of ether oxygens (including phenoxy) is 1. The van der Waals surface area contributed by atoms with Crippen molar-refractivity contribution in [1.82, 2.24) is 5.32 Å². The standard InChI is InChI=1S/C20H25NO3/c1-5-24-19(23)16-12(2)21-14-10-20(3,4)11-15(22)18(14)17(16)13-8-6-7-9-13/h6,8-9,17,21H,5,7,10-11H2,1-4H3. The largest absolute Gasteiger partial charge is 0.463 e. The maximum absolute atomic E-state index is 12.9. The second kappa shape index (κ2) is 6.08. The summed E-state index contributed by atoms with van der Waals surface area (Å²) in [5.41, 5.74) is 4.05. The van der Waals surface area contributed by atoms with Crippen LogP contribution in [0.5, 0.6) is 0 Å². The van der Waals surface area contributed by atoms with Crippen LogP contribution in [0.4, 0.5) is 0 Å². The van der Waals surface area contributed by atoms with Crippen molar-refractivity contribution in [2.24, 2.45) is 11.3 Å². The first-order chi connectivity index (χ1) is 11.3. The van der Waals surface area contributed by atoms with E-state index in [9.17, 15) is 9.59 Å². The van der Waals surface area contributed by atoms with Crippen LogP contribution in [0.25, 0.3) is 0 Å². The minimum atomic E-state index is -0.335. The van der Waals surface area contributed by atoms with Crippen LogP contribution in [0.15, 0.2) is 46.3 Å². The molecule has 2 aliphatic carbocycles. The van der Waals surface area contributed by atoms with E-state index in [2.05, 4.69) is 31.3 Å². The van der Waals surface area contributed by atoms with Crippen molar-refractivity contribution in [2.75, 3.05) is 6.61 Å². The van der Waals surface area contributed by atoms with E-state index in [-0.39, 0.29) is 23.1 Å². The molecule has 1 unspecified atom stereocenters. The van der Waals surface area contributed by atoms with Gasteiger partial charge in [0, 0.05) is 29.3 Å². The first-order valence-electron chi connectivity index (χ1n) is 8.62. The molecule has 3 rings (SSSR count). The molecule has 0 saturated heterocycles. The summed E-state index contributed by atoms with van der Waals surface area (Å²) in [6, 6.07) is 0. The predicted molar refractivity (Wildman–Crippen MR) is 92.8 cm³/mol. The Bertz CT molecular complexity index is 719. The van der Waals surface area contributed by atoms with E-state index >= 15 is 0 Å². The zero-order chi connectivity index (χ0) is 17.5. The summed E-state index contributed by atoms with van der Waals surface area (Å²) in [4.78, 5) is 25.5. The Morgan fingerprint density at radius 1 is 1.38 bits per heavy atom. The van der Waals surface area contributed by atoms with Crippen molar-refractivity contribution in [3.63, 3.8) is 0 Å². The lowest BCUT2D eigenvalue weighted by Gasteiger charge is -2.39. The molecule has 3 aliphatic rings. The Morgan fingerprint density at radius 2 is 2.12 bits per heavy atom. The fraction of sp³-hybridized carbons (Fsp3) is 0.500. The van der Waals surface area contributed by atoms with Gasteiger partial charge in [-0.1, -0.05) is 32.1 Å². The lowest BCUT2D eigenvalue weighted by atomic mass is 9.68. The number of dihydropyridines is 1. The normalized spacial score (nSPS) is 25.4. The number of hydrogen-bond donors (Lipinski definition) is 1. The Labute approximate surface area is 143 Å². The third-order valence-electron chi connectivity index (χ3n) is 4.87. The van der Waals surface area contributed by atoms with E-state index in [4.69, 9.17) is 4.74 Å². The average Bonchev–Trinajstić information content (AvgIpc) is 2.98. The molecule has 0 fully saturated rings. The molecule has 4 nitrogen and oxygen atoms in total. The molecule has 0 aromatic carbocycles. The van der Waals surface area contributed by atoms with Crippen molar-refractivity contribution >= 4 is 11.8 Å². The highest BCUT2D eigenvalue weighted by atomic mass is 16.5. The number of carbonyl (C=O) groups excluding carboxylic acids is 2. The summed E-state index contributed by atoms with van der Waals surface area (Å²) < 4.78 is 5.28. The molecule has 0 bridgehead atoms. The van der Waals surface area contributed by atoms with Crippen molar-refractivity contribution < 1.29 is 14.3 Å². The molecular formula is C20H25NO3.